The lowest BCUT2D eigenvalue weighted by atomic mass is 10.3. The van der Waals surface area contributed by atoms with Gasteiger partial charge in [-0.3, -0.25) is 9.59 Å². The van der Waals surface area contributed by atoms with Gasteiger partial charge in [-0.1, -0.05) is 12.1 Å². The number of rotatable bonds is 6. The summed E-state index contributed by atoms with van der Waals surface area (Å²) in [6.45, 7) is 0.234. The Morgan fingerprint density at radius 3 is 2.62 bits per heavy atom. The maximum Gasteiger partial charge on any atom is 0.291 e. The number of nitrogens with one attached hydrogen (secondary N) is 1. The second kappa shape index (κ2) is 6.96. The lowest BCUT2D eigenvalue weighted by Crippen LogP contribution is -2.14. The molecule has 0 saturated carbocycles. The number of amides is 2. The Morgan fingerprint density at radius 1 is 1.19 bits per heavy atom. The minimum absolute atomic E-state index is 0.144. The molecule has 1 aromatic carbocycles. The first-order valence-electron chi connectivity index (χ1n) is 6.20. The van der Waals surface area contributed by atoms with Gasteiger partial charge in [-0.05, 0) is 24.3 Å². The van der Waals surface area contributed by atoms with Crippen molar-refractivity contribution in [3.8, 4) is 0 Å². The number of nitrogens with two attached hydrogens (primary N) is 2. The third-order valence-corrected chi connectivity index (χ3v) is 3.69. The summed E-state index contributed by atoms with van der Waals surface area (Å²) in [6, 6.07) is 10.4. The van der Waals surface area contributed by atoms with Gasteiger partial charge in [0.1, 0.15) is 5.76 Å². The quantitative estimate of drug-likeness (QED) is 0.701. The minimum atomic E-state index is -0.417. The van der Waals surface area contributed by atoms with Crippen molar-refractivity contribution in [2.75, 3.05) is 11.1 Å². The van der Waals surface area contributed by atoms with Crippen LogP contribution < -0.4 is 16.8 Å². The molecule has 0 bridgehead atoms. The highest BCUT2D eigenvalue weighted by Crippen LogP contribution is 2.27. The van der Waals surface area contributed by atoms with E-state index in [-0.39, 0.29) is 24.0 Å². The fourth-order valence-electron chi connectivity index (χ4n) is 1.64. The summed E-state index contributed by atoms with van der Waals surface area (Å²) >= 11 is 1.26. The summed E-state index contributed by atoms with van der Waals surface area (Å²) in [5.74, 6) is 0.0774. The molecular weight excluding hydrogens is 290 g/mol. The Kier molecular flexibility index (Phi) is 5.02. The van der Waals surface area contributed by atoms with E-state index in [1.54, 1.807) is 30.3 Å². The molecule has 0 saturated heterocycles. The first-order chi connectivity index (χ1) is 10.1. The normalized spacial score (nSPS) is 10.3. The molecule has 0 unspecified atom stereocenters. The summed E-state index contributed by atoms with van der Waals surface area (Å²) in [5.41, 5.74) is 11.2. The van der Waals surface area contributed by atoms with Crippen molar-refractivity contribution >= 4 is 29.3 Å². The van der Waals surface area contributed by atoms with Gasteiger partial charge < -0.3 is 21.2 Å². The van der Waals surface area contributed by atoms with E-state index in [9.17, 15) is 9.59 Å². The van der Waals surface area contributed by atoms with E-state index in [0.29, 0.717) is 11.4 Å². The number of carbonyl (C=O) groups excluding carboxylic acids is 2. The highest BCUT2D eigenvalue weighted by Gasteiger charge is 2.13. The zero-order valence-electron chi connectivity index (χ0n) is 11.2. The monoisotopic (exact) mass is 305 g/mol. The number of thioether (sulfide) groups is 1. The Morgan fingerprint density at radius 2 is 1.95 bits per heavy atom. The molecule has 5 N–H and O–H groups in total. The molecular formula is C14H15N3O3S. The maximum absolute atomic E-state index is 12.1. The number of para-hydroxylation sites is 1. The van der Waals surface area contributed by atoms with Gasteiger partial charge in [0.05, 0.1) is 18.0 Å². The van der Waals surface area contributed by atoms with Crippen molar-refractivity contribution < 1.29 is 14.0 Å². The molecule has 0 aliphatic rings. The number of anilines is 1. The third-order valence-electron chi connectivity index (χ3n) is 2.59. The number of primary amides is 1. The van der Waals surface area contributed by atoms with Gasteiger partial charge in [0, 0.05) is 4.90 Å². The van der Waals surface area contributed by atoms with Crippen molar-refractivity contribution in [1.29, 1.82) is 0 Å². The second-order valence-electron chi connectivity index (χ2n) is 4.18. The molecule has 2 amide bonds. The van der Waals surface area contributed by atoms with E-state index < -0.39 is 5.91 Å². The third kappa shape index (κ3) is 4.11. The van der Waals surface area contributed by atoms with E-state index in [1.807, 2.05) is 6.07 Å². The molecule has 21 heavy (non-hydrogen) atoms. The summed E-state index contributed by atoms with van der Waals surface area (Å²) in [4.78, 5) is 23.7. The molecule has 0 aliphatic heterocycles. The first kappa shape index (κ1) is 15.1. The summed E-state index contributed by atoms with van der Waals surface area (Å²) in [7, 11) is 0. The average molecular weight is 305 g/mol. The number of hydrogen-bond donors (Lipinski definition) is 3. The van der Waals surface area contributed by atoms with Gasteiger partial charge in [-0.2, -0.15) is 0 Å². The fourth-order valence-corrected chi connectivity index (χ4v) is 2.39. The maximum atomic E-state index is 12.1. The molecule has 0 aliphatic carbocycles. The zero-order valence-corrected chi connectivity index (χ0v) is 12.0. The van der Waals surface area contributed by atoms with E-state index >= 15 is 0 Å². The highest BCUT2D eigenvalue weighted by molar-refractivity contribution is 8.00. The van der Waals surface area contributed by atoms with Crippen molar-refractivity contribution in [1.82, 2.24) is 0 Å². The Bertz CT molecular complexity index is 654. The molecule has 0 fully saturated rings. The van der Waals surface area contributed by atoms with Crippen molar-refractivity contribution in [3.05, 3.63) is 47.9 Å². The topological polar surface area (TPSA) is 111 Å². The van der Waals surface area contributed by atoms with Gasteiger partial charge in [0.15, 0.2) is 5.76 Å². The van der Waals surface area contributed by atoms with Crippen molar-refractivity contribution in [2.24, 2.45) is 11.5 Å². The summed E-state index contributed by atoms with van der Waals surface area (Å²) in [5, 5.41) is 2.74. The molecule has 1 heterocycles. The number of hydrogen-bond acceptors (Lipinski definition) is 5. The lowest BCUT2D eigenvalue weighted by Gasteiger charge is -2.09. The van der Waals surface area contributed by atoms with Crippen LogP contribution in [-0.4, -0.2) is 17.6 Å². The number of furan rings is 1. The van der Waals surface area contributed by atoms with E-state index in [1.165, 1.54) is 11.8 Å². The fraction of sp³-hybridized carbons (Fsp3) is 0.143. The predicted octanol–water partition coefficient (Wildman–Crippen LogP) is 1.57. The predicted molar refractivity (Wildman–Crippen MR) is 80.9 cm³/mol. The summed E-state index contributed by atoms with van der Waals surface area (Å²) < 4.78 is 5.29. The molecule has 0 atom stereocenters. The molecule has 7 heteroatoms. The highest BCUT2D eigenvalue weighted by atomic mass is 32.2. The molecule has 2 rings (SSSR count). The van der Waals surface area contributed by atoms with Crippen LogP contribution in [0, 0.1) is 0 Å². The number of carbonyl (C=O) groups is 2. The smallest absolute Gasteiger partial charge is 0.291 e. The Balaban J connectivity index is 2.11. The molecule has 6 nitrogen and oxygen atoms in total. The van der Waals surface area contributed by atoms with Gasteiger partial charge in [0.2, 0.25) is 5.91 Å². The van der Waals surface area contributed by atoms with E-state index in [0.717, 1.165) is 4.90 Å². The van der Waals surface area contributed by atoms with Crippen LogP contribution in [0.25, 0.3) is 0 Å². The summed E-state index contributed by atoms with van der Waals surface area (Å²) in [6.07, 6.45) is 0. The van der Waals surface area contributed by atoms with Crippen molar-refractivity contribution in [3.63, 3.8) is 0 Å². The van der Waals surface area contributed by atoms with Gasteiger partial charge in [-0.15, -0.1) is 11.8 Å². The van der Waals surface area contributed by atoms with Crippen LogP contribution in [0.5, 0.6) is 0 Å². The largest absolute Gasteiger partial charge is 0.455 e. The van der Waals surface area contributed by atoms with Crippen molar-refractivity contribution in [2.45, 2.75) is 11.4 Å². The van der Waals surface area contributed by atoms with E-state index in [2.05, 4.69) is 5.32 Å². The minimum Gasteiger partial charge on any atom is -0.455 e. The van der Waals surface area contributed by atoms with Crippen LogP contribution in [0.15, 0.2) is 45.7 Å². The first-order valence-corrected chi connectivity index (χ1v) is 7.19. The van der Waals surface area contributed by atoms with Crippen LogP contribution >= 0.6 is 11.8 Å². The lowest BCUT2D eigenvalue weighted by molar-refractivity contribution is -0.115. The van der Waals surface area contributed by atoms with E-state index in [4.69, 9.17) is 15.9 Å². The Hall–Kier alpha value is -2.25. The van der Waals surface area contributed by atoms with Crippen LogP contribution in [-0.2, 0) is 11.3 Å². The second-order valence-corrected chi connectivity index (χ2v) is 5.19. The SMILES string of the molecule is NCc1ccc(C(=O)Nc2ccccc2SCC(N)=O)o1. The molecule has 2 aromatic rings. The van der Waals surface area contributed by atoms with Crippen LogP contribution in [0.1, 0.15) is 16.3 Å². The standard InChI is InChI=1S/C14H15N3O3S/c15-7-9-5-6-11(20-9)14(19)17-10-3-1-2-4-12(10)21-8-13(16)18/h1-6H,7-8,15H2,(H2,16,18)(H,17,19). The molecule has 1 aromatic heterocycles. The van der Waals surface area contributed by atoms with Gasteiger partial charge in [0.25, 0.3) is 5.91 Å². The van der Waals surface area contributed by atoms with Gasteiger partial charge >= 0.3 is 0 Å². The number of benzene rings is 1. The van der Waals surface area contributed by atoms with Crippen LogP contribution in [0.2, 0.25) is 0 Å². The van der Waals surface area contributed by atoms with Gasteiger partial charge in [-0.25, -0.2) is 0 Å². The van der Waals surface area contributed by atoms with Crippen LogP contribution in [0.3, 0.4) is 0 Å². The zero-order chi connectivity index (χ0) is 15.2. The molecule has 0 spiro atoms. The average Bonchev–Trinajstić information content (AvgIpc) is 2.95. The molecule has 0 radical (unpaired) electrons. The van der Waals surface area contributed by atoms with Crippen LogP contribution in [0.4, 0.5) is 5.69 Å². The Labute approximate surface area is 125 Å². The molecule has 110 valence electrons.